The fraction of sp³-hybridized carbons (Fsp3) is 0.100. The largest absolute Gasteiger partial charge is 0.383 e. The molecule has 17 heavy (non-hydrogen) atoms. The van der Waals surface area contributed by atoms with Crippen LogP contribution in [0.5, 0.6) is 0 Å². The molecule has 2 heterocycles. The lowest BCUT2D eigenvalue weighted by Gasteiger charge is -2.02. The molecule has 0 atom stereocenters. The van der Waals surface area contributed by atoms with Crippen molar-refractivity contribution in [2.24, 2.45) is 0 Å². The summed E-state index contributed by atoms with van der Waals surface area (Å²) < 4.78 is 0. The van der Waals surface area contributed by atoms with Crippen molar-refractivity contribution in [2.75, 3.05) is 11.5 Å². The smallest absolute Gasteiger partial charge is 0.191 e. The Hall–Kier alpha value is -1.53. The second-order valence-corrected chi connectivity index (χ2v) is 4.57. The first kappa shape index (κ1) is 11.9. The van der Waals surface area contributed by atoms with Gasteiger partial charge in [0.25, 0.3) is 0 Å². The van der Waals surface area contributed by atoms with Crippen LogP contribution in [0.25, 0.3) is 0 Å². The first-order valence-corrected chi connectivity index (χ1v) is 6.14. The van der Waals surface area contributed by atoms with E-state index < -0.39 is 0 Å². The van der Waals surface area contributed by atoms with E-state index in [1.807, 2.05) is 12.1 Å². The molecule has 0 saturated heterocycles. The standard InChI is InChI=1S/C10H10ClN5S/c11-7-3-1-2-6(14-7)5-17-10-15-8(12)4-9(13)16-10/h1-4H,5H2,(H4,12,13,15,16). The molecule has 0 radical (unpaired) electrons. The number of thioether (sulfide) groups is 1. The van der Waals surface area contributed by atoms with Gasteiger partial charge in [-0.3, -0.25) is 0 Å². The zero-order chi connectivity index (χ0) is 12.3. The highest BCUT2D eigenvalue weighted by Gasteiger charge is 2.03. The van der Waals surface area contributed by atoms with Crippen LogP contribution >= 0.6 is 23.4 Å². The molecular weight excluding hydrogens is 258 g/mol. The molecule has 7 heteroatoms. The Bertz CT molecular complexity index is 514. The molecule has 0 aromatic carbocycles. The lowest BCUT2D eigenvalue weighted by Crippen LogP contribution is -1.99. The van der Waals surface area contributed by atoms with Gasteiger partial charge in [-0.25, -0.2) is 15.0 Å². The van der Waals surface area contributed by atoms with Gasteiger partial charge in [0.1, 0.15) is 16.8 Å². The summed E-state index contributed by atoms with van der Waals surface area (Å²) >= 11 is 7.19. The van der Waals surface area contributed by atoms with Crippen molar-refractivity contribution in [2.45, 2.75) is 10.9 Å². The molecule has 2 rings (SSSR count). The third-order valence-corrected chi connectivity index (χ3v) is 2.96. The topological polar surface area (TPSA) is 90.7 Å². The van der Waals surface area contributed by atoms with Crippen molar-refractivity contribution < 1.29 is 0 Å². The highest BCUT2D eigenvalue weighted by Crippen LogP contribution is 2.20. The lowest BCUT2D eigenvalue weighted by molar-refractivity contribution is 0.982. The summed E-state index contributed by atoms with van der Waals surface area (Å²) in [6.07, 6.45) is 0. The van der Waals surface area contributed by atoms with E-state index in [4.69, 9.17) is 23.1 Å². The van der Waals surface area contributed by atoms with Gasteiger partial charge >= 0.3 is 0 Å². The van der Waals surface area contributed by atoms with E-state index in [9.17, 15) is 0 Å². The zero-order valence-electron chi connectivity index (χ0n) is 8.80. The Morgan fingerprint density at radius 1 is 1.12 bits per heavy atom. The Kier molecular flexibility index (Phi) is 3.65. The van der Waals surface area contributed by atoms with Crippen molar-refractivity contribution in [3.63, 3.8) is 0 Å². The third kappa shape index (κ3) is 3.47. The fourth-order valence-corrected chi connectivity index (χ4v) is 2.15. The van der Waals surface area contributed by atoms with Gasteiger partial charge in [0.15, 0.2) is 5.16 Å². The van der Waals surface area contributed by atoms with E-state index in [2.05, 4.69) is 15.0 Å². The van der Waals surface area contributed by atoms with Crippen LogP contribution in [0.3, 0.4) is 0 Å². The molecule has 0 fully saturated rings. The normalized spacial score (nSPS) is 10.4. The summed E-state index contributed by atoms with van der Waals surface area (Å²) in [6, 6.07) is 6.97. The number of hydrogen-bond acceptors (Lipinski definition) is 6. The Labute approximate surface area is 108 Å². The molecule has 2 aromatic rings. The summed E-state index contributed by atoms with van der Waals surface area (Å²) in [6.45, 7) is 0. The van der Waals surface area contributed by atoms with E-state index in [1.54, 1.807) is 6.07 Å². The molecule has 88 valence electrons. The van der Waals surface area contributed by atoms with E-state index in [-0.39, 0.29) is 0 Å². The maximum Gasteiger partial charge on any atom is 0.191 e. The third-order valence-electron chi connectivity index (χ3n) is 1.87. The van der Waals surface area contributed by atoms with Crippen LogP contribution in [-0.2, 0) is 5.75 Å². The predicted molar refractivity (Wildman–Crippen MR) is 69.7 cm³/mol. The number of halogens is 1. The van der Waals surface area contributed by atoms with Crippen LogP contribution in [0.1, 0.15) is 5.69 Å². The number of pyridine rings is 1. The van der Waals surface area contributed by atoms with E-state index in [0.29, 0.717) is 27.7 Å². The molecule has 0 bridgehead atoms. The van der Waals surface area contributed by atoms with E-state index in [1.165, 1.54) is 17.8 Å². The van der Waals surface area contributed by atoms with E-state index >= 15 is 0 Å². The van der Waals surface area contributed by atoms with Crippen LogP contribution in [0, 0.1) is 0 Å². The van der Waals surface area contributed by atoms with Gasteiger partial charge in [-0.05, 0) is 12.1 Å². The van der Waals surface area contributed by atoms with Gasteiger partial charge in [0.05, 0.1) is 5.69 Å². The van der Waals surface area contributed by atoms with Gasteiger partial charge in [-0.1, -0.05) is 29.4 Å². The molecular formula is C10H10ClN5S. The average molecular weight is 268 g/mol. The van der Waals surface area contributed by atoms with E-state index in [0.717, 1.165) is 5.69 Å². The number of anilines is 2. The summed E-state index contributed by atoms with van der Waals surface area (Å²) in [5.41, 5.74) is 12.0. The van der Waals surface area contributed by atoms with Crippen molar-refractivity contribution >= 4 is 35.0 Å². The van der Waals surface area contributed by atoms with Gasteiger partial charge in [0.2, 0.25) is 0 Å². The van der Waals surface area contributed by atoms with Crippen LogP contribution in [0.4, 0.5) is 11.6 Å². The monoisotopic (exact) mass is 267 g/mol. The minimum Gasteiger partial charge on any atom is -0.383 e. The van der Waals surface area contributed by atoms with Crippen molar-refractivity contribution in [1.82, 2.24) is 15.0 Å². The second-order valence-electron chi connectivity index (χ2n) is 3.24. The Balaban J connectivity index is 2.07. The zero-order valence-corrected chi connectivity index (χ0v) is 10.4. The average Bonchev–Trinajstić information content (AvgIpc) is 2.25. The summed E-state index contributed by atoms with van der Waals surface area (Å²) in [5, 5.41) is 1.00. The number of nitrogens with zero attached hydrogens (tertiary/aromatic N) is 3. The number of nitrogens with two attached hydrogens (primary N) is 2. The molecule has 2 aromatic heterocycles. The number of nitrogen functional groups attached to an aromatic ring is 2. The van der Waals surface area contributed by atoms with Crippen molar-refractivity contribution in [3.8, 4) is 0 Å². The predicted octanol–water partition coefficient (Wildman–Crippen LogP) is 1.98. The lowest BCUT2D eigenvalue weighted by atomic mass is 10.4. The molecule has 0 saturated carbocycles. The molecule has 0 aliphatic rings. The van der Waals surface area contributed by atoms with Gasteiger partial charge in [0, 0.05) is 11.8 Å². The van der Waals surface area contributed by atoms with Crippen LogP contribution in [0.15, 0.2) is 29.4 Å². The number of aromatic nitrogens is 3. The summed E-state index contributed by atoms with van der Waals surface area (Å²) in [4.78, 5) is 12.3. The Morgan fingerprint density at radius 3 is 2.47 bits per heavy atom. The van der Waals surface area contributed by atoms with Crippen LogP contribution < -0.4 is 11.5 Å². The molecule has 0 spiro atoms. The molecule has 4 N–H and O–H groups in total. The molecule has 0 unspecified atom stereocenters. The van der Waals surface area contributed by atoms with Crippen molar-refractivity contribution in [1.29, 1.82) is 0 Å². The molecule has 0 amide bonds. The minimum atomic E-state index is 0.360. The highest BCUT2D eigenvalue weighted by molar-refractivity contribution is 7.98. The number of rotatable bonds is 3. The fourth-order valence-electron chi connectivity index (χ4n) is 1.20. The first-order chi connectivity index (χ1) is 8.13. The summed E-state index contributed by atoms with van der Waals surface area (Å²) in [5.74, 6) is 1.34. The molecule has 5 nitrogen and oxygen atoms in total. The SMILES string of the molecule is Nc1cc(N)nc(SCc2cccc(Cl)n2)n1. The quantitative estimate of drug-likeness (QED) is 0.502. The van der Waals surface area contributed by atoms with Crippen LogP contribution in [0.2, 0.25) is 5.15 Å². The van der Waals surface area contributed by atoms with Crippen LogP contribution in [-0.4, -0.2) is 15.0 Å². The van der Waals surface area contributed by atoms with Gasteiger partial charge < -0.3 is 11.5 Å². The highest BCUT2D eigenvalue weighted by atomic mass is 35.5. The maximum absolute atomic E-state index is 5.79. The summed E-state index contributed by atoms with van der Waals surface area (Å²) in [7, 11) is 0. The number of hydrogen-bond donors (Lipinski definition) is 2. The van der Waals surface area contributed by atoms with Gasteiger partial charge in [-0.2, -0.15) is 0 Å². The first-order valence-electron chi connectivity index (χ1n) is 4.78. The van der Waals surface area contributed by atoms with Gasteiger partial charge in [-0.15, -0.1) is 0 Å². The minimum absolute atomic E-state index is 0.360. The maximum atomic E-state index is 5.79. The Morgan fingerprint density at radius 2 is 1.82 bits per heavy atom. The molecule has 0 aliphatic carbocycles. The van der Waals surface area contributed by atoms with Crippen molar-refractivity contribution in [3.05, 3.63) is 35.1 Å². The second kappa shape index (κ2) is 5.20. The molecule has 0 aliphatic heterocycles.